The van der Waals surface area contributed by atoms with Gasteiger partial charge in [0.15, 0.2) is 0 Å². The molecule has 0 aliphatic heterocycles. The number of rotatable bonds is 1. The minimum atomic E-state index is -0.110. The Kier molecular flexibility index (Phi) is 2.89. The summed E-state index contributed by atoms with van der Waals surface area (Å²) in [7, 11) is 1.63. The Labute approximate surface area is 160 Å². The van der Waals surface area contributed by atoms with Gasteiger partial charge in [0.25, 0.3) is 5.56 Å². The number of ether oxygens (including phenoxy) is 1. The predicted octanol–water partition coefficient (Wildman–Crippen LogP) is 5.90. The number of benzene rings is 5. The molecule has 0 fully saturated rings. The van der Waals surface area contributed by atoms with Crippen molar-refractivity contribution in [3.8, 4) is 5.75 Å². The van der Waals surface area contributed by atoms with Gasteiger partial charge in [-0.1, -0.05) is 54.6 Å². The number of fused-ring (bicyclic) bond motifs is 4. The maximum Gasteiger partial charge on any atom is 0.255 e. The molecule has 6 rings (SSSR count). The Bertz CT molecular complexity index is 1620. The predicted molar refractivity (Wildman–Crippen MR) is 117 cm³/mol. The molecule has 1 heterocycles. The summed E-state index contributed by atoms with van der Waals surface area (Å²) in [4.78, 5) is 15.5. The van der Waals surface area contributed by atoms with Gasteiger partial charge in [0.1, 0.15) is 5.75 Å². The third-order valence-corrected chi connectivity index (χ3v) is 6.01. The first-order valence-electron chi connectivity index (χ1n) is 9.38. The molecule has 3 heteroatoms. The van der Waals surface area contributed by atoms with Gasteiger partial charge >= 0.3 is 0 Å². The summed E-state index contributed by atoms with van der Waals surface area (Å²) < 4.78 is 5.69. The summed E-state index contributed by atoms with van der Waals surface area (Å²) in [6, 6.07) is 21.4. The van der Waals surface area contributed by atoms with Crippen LogP contribution in [0.15, 0.2) is 65.5 Å². The molecule has 0 radical (unpaired) electrons. The molecule has 1 N–H and O–H groups in total. The van der Waals surface area contributed by atoms with Crippen molar-refractivity contribution in [3.05, 3.63) is 76.6 Å². The molecular formula is C25H17NO2. The first-order chi connectivity index (χ1) is 13.7. The second-order valence-electron chi connectivity index (χ2n) is 7.40. The number of hydrogen-bond donors (Lipinski definition) is 1. The molecular weight excluding hydrogens is 346 g/mol. The minimum absolute atomic E-state index is 0.110. The van der Waals surface area contributed by atoms with Gasteiger partial charge in [-0.15, -0.1) is 0 Å². The van der Waals surface area contributed by atoms with E-state index in [2.05, 4.69) is 65.6 Å². The van der Waals surface area contributed by atoms with E-state index in [0.29, 0.717) is 11.3 Å². The second-order valence-corrected chi connectivity index (χ2v) is 7.40. The van der Waals surface area contributed by atoms with E-state index in [0.717, 1.165) is 21.7 Å². The molecule has 0 bridgehead atoms. The van der Waals surface area contributed by atoms with Crippen molar-refractivity contribution in [3.63, 3.8) is 0 Å². The second kappa shape index (κ2) is 5.23. The number of aromatic nitrogens is 1. The van der Waals surface area contributed by atoms with Crippen molar-refractivity contribution >= 4 is 54.0 Å². The van der Waals surface area contributed by atoms with Gasteiger partial charge < -0.3 is 9.72 Å². The van der Waals surface area contributed by atoms with Gasteiger partial charge in [0, 0.05) is 5.39 Å². The van der Waals surface area contributed by atoms with Crippen LogP contribution in [0.3, 0.4) is 0 Å². The summed E-state index contributed by atoms with van der Waals surface area (Å²) in [5.74, 6) is 0.652. The topological polar surface area (TPSA) is 42.1 Å². The van der Waals surface area contributed by atoms with Crippen molar-refractivity contribution < 1.29 is 4.74 Å². The van der Waals surface area contributed by atoms with Crippen LogP contribution in [0.5, 0.6) is 5.75 Å². The zero-order valence-electron chi connectivity index (χ0n) is 15.6. The third-order valence-electron chi connectivity index (χ3n) is 6.01. The van der Waals surface area contributed by atoms with E-state index in [1.54, 1.807) is 7.11 Å². The number of pyridine rings is 1. The normalized spacial score (nSPS) is 12.1. The molecule has 6 aromatic rings. The van der Waals surface area contributed by atoms with Gasteiger partial charge in [-0.2, -0.15) is 0 Å². The molecule has 134 valence electrons. The highest BCUT2D eigenvalue weighted by molar-refractivity contribution is 6.36. The fourth-order valence-electron chi connectivity index (χ4n) is 4.82. The van der Waals surface area contributed by atoms with E-state index in [1.165, 1.54) is 32.3 Å². The van der Waals surface area contributed by atoms with E-state index >= 15 is 0 Å². The van der Waals surface area contributed by atoms with Gasteiger partial charge in [-0.3, -0.25) is 4.79 Å². The molecule has 0 amide bonds. The zero-order chi connectivity index (χ0) is 19.0. The average Bonchev–Trinajstić information content (AvgIpc) is 2.72. The van der Waals surface area contributed by atoms with Crippen LogP contribution in [0, 0.1) is 6.92 Å². The van der Waals surface area contributed by atoms with E-state index in [-0.39, 0.29) is 5.56 Å². The van der Waals surface area contributed by atoms with Crippen LogP contribution in [0.2, 0.25) is 0 Å². The number of nitrogens with one attached hydrogen (secondary N) is 1. The van der Waals surface area contributed by atoms with Crippen LogP contribution in [-0.4, -0.2) is 12.1 Å². The maximum atomic E-state index is 12.5. The molecule has 0 unspecified atom stereocenters. The Morgan fingerprint density at radius 3 is 2.07 bits per heavy atom. The van der Waals surface area contributed by atoms with Crippen LogP contribution in [0.4, 0.5) is 0 Å². The number of aromatic amines is 1. The lowest BCUT2D eigenvalue weighted by molar-refractivity contribution is 0.416. The number of methoxy groups -OCH3 is 1. The molecule has 28 heavy (non-hydrogen) atoms. The fourth-order valence-corrected chi connectivity index (χ4v) is 4.82. The van der Waals surface area contributed by atoms with Gasteiger partial charge in [0.2, 0.25) is 0 Å². The summed E-state index contributed by atoms with van der Waals surface area (Å²) in [6.07, 6.45) is 0. The van der Waals surface area contributed by atoms with Crippen LogP contribution < -0.4 is 10.3 Å². The van der Waals surface area contributed by atoms with Gasteiger partial charge in [-0.05, 0) is 56.1 Å². The lowest BCUT2D eigenvalue weighted by Gasteiger charge is -2.17. The van der Waals surface area contributed by atoms with Crippen molar-refractivity contribution in [1.29, 1.82) is 0 Å². The molecule has 0 aliphatic carbocycles. The molecule has 0 saturated heterocycles. The number of hydrogen-bond acceptors (Lipinski definition) is 2. The highest BCUT2D eigenvalue weighted by Crippen LogP contribution is 2.44. The smallest absolute Gasteiger partial charge is 0.255 e. The Hall–Kier alpha value is -3.59. The largest absolute Gasteiger partial charge is 0.496 e. The van der Waals surface area contributed by atoms with E-state index < -0.39 is 0 Å². The standard InChI is InChI=1S/C25H17NO2/c1-13-24(28-2)23-18-11-5-10-16-15-8-3-6-14-7-4-9-17(21(14)15)19(22(16)18)12-20(23)26-25(13)27/h3-12H,1-2H3,(H,26,27). The minimum Gasteiger partial charge on any atom is -0.496 e. The summed E-state index contributed by atoms with van der Waals surface area (Å²) >= 11 is 0. The van der Waals surface area contributed by atoms with Crippen molar-refractivity contribution in [2.75, 3.05) is 7.11 Å². The molecule has 0 aliphatic rings. The summed E-state index contributed by atoms with van der Waals surface area (Å²) in [6.45, 7) is 1.81. The fraction of sp³-hybridized carbons (Fsp3) is 0.0800. The first kappa shape index (κ1) is 15.5. The summed E-state index contributed by atoms with van der Waals surface area (Å²) in [5, 5.41) is 10.6. The molecule has 0 saturated carbocycles. The quantitative estimate of drug-likeness (QED) is 0.292. The van der Waals surface area contributed by atoms with Crippen molar-refractivity contribution in [2.24, 2.45) is 0 Å². The van der Waals surface area contributed by atoms with E-state index in [1.807, 2.05) is 6.92 Å². The highest BCUT2D eigenvalue weighted by Gasteiger charge is 2.18. The monoisotopic (exact) mass is 363 g/mol. The Morgan fingerprint density at radius 2 is 1.36 bits per heavy atom. The lowest BCUT2D eigenvalue weighted by atomic mass is 9.88. The zero-order valence-corrected chi connectivity index (χ0v) is 15.6. The molecule has 0 spiro atoms. The van der Waals surface area contributed by atoms with Crippen LogP contribution >= 0.6 is 0 Å². The highest BCUT2D eigenvalue weighted by atomic mass is 16.5. The van der Waals surface area contributed by atoms with Crippen LogP contribution in [0.25, 0.3) is 54.0 Å². The summed E-state index contributed by atoms with van der Waals surface area (Å²) in [5.41, 5.74) is 1.30. The van der Waals surface area contributed by atoms with Gasteiger partial charge in [-0.25, -0.2) is 0 Å². The van der Waals surface area contributed by atoms with Crippen LogP contribution in [-0.2, 0) is 0 Å². The third kappa shape index (κ3) is 1.76. The molecule has 1 aromatic heterocycles. The SMILES string of the molecule is COc1c(C)c(=O)[nH]c2cc3c4cccc5cccc(c6cccc(c12)c63)c54. The van der Waals surface area contributed by atoms with Crippen molar-refractivity contribution in [2.45, 2.75) is 6.92 Å². The maximum absolute atomic E-state index is 12.5. The van der Waals surface area contributed by atoms with Crippen molar-refractivity contribution in [1.82, 2.24) is 4.98 Å². The van der Waals surface area contributed by atoms with E-state index in [9.17, 15) is 4.79 Å². The lowest BCUT2D eigenvalue weighted by Crippen LogP contribution is -2.11. The molecule has 3 nitrogen and oxygen atoms in total. The Morgan fingerprint density at radius 1 is 0.750 bits per heavy atom. The molecule has 5 aromatic carbocycles. The van der Waals surface area contributed by atoms with E-state index in [4.69, 9.17) is 4.74 Å². The Balaban J connectivity index is 2.05. The first-order valence-corrected chi connectivity index (χ1v) is 9.38. The molecule has 0 atom stereocenters. The number of H-pyrrole nitrogens is 1. The van der Waals surface area contributed by atoms with Gasteiger partial charge in [0.05, 0.1) is 18.2 Å². The van der Waals surface area contributed by atoms with Crippen LogP contribution in [0.1, 0.15) is 5.56 Å². The average molecular weight is 363 g/mol.